The monoisotopic (exact) mass is 338 g/mol. The van der Waals surface area contributed by atoms with E-state index >= 15 is 0 Å². The molecule has 6 nitrogen and oxygen atoms in total. The fourth-order valence-electron chi connectivity index (χ4n) is 2.60. The first-order valence-electron chi connectivity index (χ1n) is 7.40. The van der Waals surface area contributed by atoms with Crippen LogP contribution in [0.2, 0.25) is 5.15 Å². The van der Waals surface area contributed by atoms with Crippen molar-refractivity contribution in [1.82, 2.24) is 15.1 Å². The molecule has 0 unspecified atom stereocenters. The molecule has 122 valence electrons. The maximum Gasteiger partial charge on any atom is 0.272 e. The van der Waals surface area contributed by atoms with Crippen molar-refractivity contribution in [3.63, 3.8) is 0 Å². The Morgan fingerprint density at radius 2 is 2.35 bits per heavy atom. The summed E-state index contributed by atoms with van der Waals surface area (Å²) >= 11 is 5.75. The highest BCUT2D eigenvalue weighted by atomic mass is 35.5. The first-order valence-corrected chi connectivity index (χ1v) is 7.78. The third kappa shape index (κ3) is 3.61. The van der Waals surface area contributed by atoms with Crippen molar-refractivity contribution < 1.29 is 13.9 Å². The first-order chi connectivity index (χ1) is 11.0. The lowest BCUT2D eigenvalue weighted by atomic mass is 9.85. The van der Waals surface area contributed by atoms with Crippen molar-refractivity contribution in [2.45, 2.75) is 25.8 Å². The zero-order chi connectivity index (χ0) is 16.4. The predicted molar refractivity (Wildman–Crippen MR) is 81.0 cm³/mol. The van der Waals surface area contributed by atoms with Gasteiger partial charge in [0.25, 0.3) is 5.91 Å². The Morgan fingerprint density at radius 1 is 1.57 bits per heavy atom. The van der Waals surface area contributed by atoms with Crippen molar-refractivity contribution in [2.24, 2.45) is 5.92 Å². The molecule has 2 aromatic rings. The molecule has 0 bridgehead atoms. The molecule has 2 heterocycles. The number of aromatic nitrogens is 3. The Kier molecular flexibility index (Phi) is 4.47. The number of carbonyl (C=O) groups excluding carboxylic acids is 1. The predicted octanol–water partition coefficient (Wildman–Crippen LogP) is 2.28. The van der Waals surface area contributed by atoms with Gasteiger partial charge in [-0.3, -0.25) is 9.89 Å². The van der Waals surface area contributed by atoms with Crippen LogP contribution in [0, 0.1) is 16.9 Å². The highest BCUT2D eigenvalue weighted by Gasteiger charge is 2.26. The standard InChI is InChI=1S/C15H16ClFN4O2/c16-14-6-13(18-19-14)15(22)20(7-10-2-1-3-10)8-11-4-5-21(23)9-12(11)17/h4-6,9-10H,1-3,7-8H2,(H,18,19). The molecule has 2 aromatic heterocycles. The van der Waals surface area contributed by atoms with Crippen LogP contribution in [0.1, 0.15) is 35.3 Å². The number of pyridine rings is 1. The summed E-state index contributed by atoms with van der Waals surface area (Å²) in [4.78, 5) is 14.2. The second-order valence-corrected chi connectivity index (χ2v) is 6.15. The second-order valence-electron chi connectivity index (χ2n) is 5.76. The van der Waals surface area contributed by atoms with E-state index in [1.165, 1.54) is 18.3 Å². The third-order valence-corrected chi connectivity index (χ3v) is 4.29. The molecule has 8 heteroatoms. The molecule has 0 aromatic carbocycles. The molecule has 1 amide bonds. The van der Waals surface area contributed by atoms with Gasteiger partial charge < -0.3 is 10.1 Å². The molecule has 0 radical (unpaired) electrons. The van der Waals surface area contributed by atoms with Crippen LogP contribution in [0.3, 0.4) is 0 Å². The zero-order valence-corrected chi connectivity index (χ0v) is 13.1. The summed E-state index contributed by atoms with van der Waals surface area (Å²) in [5, 5.41) is 17.6. The van der Waals surface area contributed by atoms with Crippen LogP contribution in [-0.4, -0.2) is 27.5 Å². The average molecular weight is 339 g/mol. The maximum absolute atomic E-state index is 13.9. The van der Waals surface area contributed by atoms with E-state index in [9.17, 15) is 14.4 Å². The van der Waals surface area contributed by atoms with Gasteiger partial charge in [0.2, 0.25) is 6.20 Å². The van der Waals surface area contributed by atoms with Crippen molar-refractivity contribution in [1.29, 1.82) is 0 Å². The molecular formula is C15H16ClFN4O2. The van der Waals surface area contributed by atoms with Gasteiger partial charge >= 0.3 is 0 Å². The Hall–Kier alpha value is -2.15. The summed E-state index contributed by atoms with van der Waals surface area (Å²) < 4.78 is 14.3. The van der Waals surface area contributed by atoms with Crippen molar-refractivity contribution >= 4 is 17.5 Å². The molecule has 23 heavy (non-hydrogen) atoms. The number of aromatic amines is 1. The molecule has 1 N–H and O–H groups in total. The van der Waals surface area contributed by atoms with Gasteiger partial charge in [-0.2, -0.15) is 14.2 Å². The van der Waals surface area contributed by atoms with Crippen molar-refractivity contribution in [2.75, 3.05) is 6.54 Å². The SMILES string of the molecule is O=C(c1cc(Cl)n[nH]1)N(Cc1cc[n+]([O-])cc1F)CC1CCC1. The highest BCUT2D eigenvalue weighted by Crippen LogP contribution is 2.28. The van der Waals surface area contributed by atoms with Crippen LogP contribution in [0.4, 0.5) is 4.39 Å². The molecule has 0 atom stereocenters. The van der Waals surface area contributed by atoms with Gasteiger partial charge in [0.1, 0.15) is 5.69 Å². The molecule has 0 saturated heterocycles. The topological polar surface area (TPSA) is 75.9 Å². The van der Waals surface area contributed by atoms with Gasteiger partial charge in [-0.1, -0.05) is 18.0 Å². The molecule has 0 aliphatic heterocycles. The zero-order valence-electron chi connectivity index (χ0n) is 12.3. The van der Waals surface area contributed by atoms with Gasteiger partial charge in [-0.25, -0.2) is 0 Å². The minimum absolute atomic E-state index is 0.0959. The molecule has 1 fully saturated rings. The lowest BCUT2D eigenvalue weighted by molar-refractivity contribution is -0.607. The number of rotatable bonds is 5. The summed E-state index contributed by atoms with van der Waals surface area (Å²) in [6.45, 7) is 0.639. The van der Waals surface area contributed by atoms with E-state index in [-0.39, 0.29) is 23.3 Å². The minimum Gasteiger partial charge on any atom is -0.619 e. The maximum atomic E-state index is 13.9. The third-order valence-electron chi connectivity index (χ3n) is 4.10. The number of nitrogens with zero attached hydrogens (tertiary/aromatic N) is 3. The number of hydrogen-bond acceptors (Lipinski definition) is 3. The Labute approximate surface area is 137 Å². The number of halogens is 2. The summed E-state index contributed by atoms with van der Waals surface area (Å²) in [5.74, 6) is -0.486. The van der Waals surface area contributed by atoms with E-state index in [0.717, 1.165) is 25.5 Å². The molecule has 1 saturated carbocycles. The van der Waals surface area contributed by atoms with E-state index in [1.807, 2.05) is 0 Å². The fraction of sp³-hybridized carbons (Fsp3) is 0.400. The van der Waals surface area contributed by atoms with Crippen LogP contribution < -0.4 is 4.73 Å². The second kappa shape index (κ2) is 6.54. The summed E-state index contributed by atoms with van der Waals surface area (Å²) in [7, 11) is 0. The summed E-state index contributed by atoms with van der Waals surface area (Å²) in [6, 6.07) is 2.84. The van der Waals surface area contributed by atoms with Gasteiger partial charge in [0, 0.05) is 30.8 Å². The van der Waals surface area contributed by atoms with Crippen LogP contribution in [0.5, 0.6) is 0 Å². The molecule has 1 aliphatic rings. The number of carbonyl (C=O) groups is 1. The van der Waals surface area contributed by atoms with Crippen molar-refractivity contribution in [3.8, 4) is 0 Å². The number of hydrogen-bond donors (Lipinski definition) is 1. The summed E-state index contributed by atoms with van der Waals surface area (Å²) in [6.07, 6.45) is 5.35. The molecule has 0 spiro atoms. The fourth-order valence-corrected chi connectivity index (χ4v) is 2.75. The van der Waals surface area contributed by atoms with Gasteiger partial charge in [-0.15, -0.1) is 0 Å². The van der Waals surface area contributed by atoms with E-state index in [4.69, 9.17) is 11.6 Å². The van der Waals surface area contributed by atoms with Crippen LogP contribution in [-0.2, 0) is 6.54 Å². The van der Waals surface area contributed by atoms with Crippen LogP contribution >= 0.6 is 11.6 Å². The van der Waals surface area contributed by atoms with Gasteiger partial charge in [0.15, 0.2) is 17.2 Å². The lowest BCUT2D eigenvalue weighted by Crippen LogP contribution is -2.38. The normalized spacial score (nSPS) is 14.5. The van der Waals surface area contributed by atoms with E-state index < -0.39 is 5.82 Å². The van der Waals surface area contributed by atoms with Crippen LogP contribution in [0.25, 0.3) is 0 Å². The first kappa shape index (κ1) is 15.7. The molecular weight excluding hydrogens is 323 g/mol. The highest BCUT2D eigenvalue weighted by molar-refractivity contribution is 6.29. The van der Waals surface area contributed by atoms with E-state index in [1.54, 1.807) is 4.90 Å². The van der Waals surface area contributed by atoms with E-state index in [2.05, 4.69) is 10.2 Å². The number of amides is 1. The van der Waals surface area contributed by atoms with Crippen LogP contribution in [0.15, 0.2) is 24.5 Å². The summed E-state index contributed by atoms with van der Waals surface area (Å²) in [5.41, 5.74) is 0.569. The van der Waals surface area contributed by atoms with Gasteiger partial charge in [-0.05, 0) is 18.8 Å². The smallest absolute Gasteiger partial charge is 0.272 e. The Bertz CT molecular complexity index is 717. The van der Waals surface area contributed by atoms with Crippen molar-refractivity contribution in [3.05, 3.63) is 52.0 Å². The van der Waals surface area contributed by atoms with E-state index in [0.29, 0.717) is 22.8 Å². The molecule has 1 aliphatic carbocycles. The quantitative estimate of drug-likeness (QED) is 0.671. The minimum atomic E-state index is -0.628. The lowest BCUT2D eigenvalue weighted by Gasteiger charge is -2.32. The Balaban J connectivity index is 1.81. The largest absolute Gasteiger partial charge is 0.619 e. The Morgan fingerprint density at radius 3 is 2.91 bits per heavy atom. The molecule has 3 rings (SSSR count). The number of H-pyrrole nitrogens is 1. The average Bonchev–Trinajstić information content (AvgIpc) is 2.89. The van der Waals surface area contributed by atoms with Gasteiger partial charge in [0.05, 0.1) is 0 Å². The number of nitrogens with one attached hydrogen (secondary N) is 1.